The molecule has 1 saturated carbocycles. The van der Waals surface area contributed by atoms with Crippen LogP contribution in [0.25, 0.3) is 0 Å². The van der Waals surface area contributed by atoms with Gasteiger partial charge in [0.25, 0.3) is 0 Å². The van der Waals surface area contributed by atoms with Crippen molar-refractivity contribution in [2.75, 3.05) is 13.7 Å². The van der Waals surface area contributed by atoms with Crippen LogP contribution in [0.5, 0.6) is 0 Å². The minimum absolute atomic E-state index is 0.0192. The fourth-order valence-electron chi connectivity index (χ4n) is 4.40. The van der Waals surface area contributed by atoms with E-state index in [9.17, 15) is 9.59 Å². The summed E-state index contributed by atoms with van der Waals surface area (Å²) in [4.78, 5) is 22.8. The first-order chi connectivity index (χ1) is 13.5. The van der Waals surface area contributed by atoms with Gasteiger partial charge in [0.15, 0.2) is 6.29 Å². The van der Waals surface area contributed by atoms with Crippen molar-refractivity contribution in [1.29, 1.82) is 0 Å². The van der Waals surface area contributed by atoms with E-state index in [1.54, 1.807) is 0 Å². The zero-order valence-electron chi connectivity index (χ0n) is 17.4. The molecular weight excluding hydrogens is 360 g/mol. The molecule has 6 heteroatoms. The number of ether oxygens (including phenoxy) is 4. The molecule has 1 aliphatic carbocycles. The molecule has 0 aromatic carbocycles. The molecule has 5 atom stereocenters. The van der Waals surface area contributed by atoms with Gasteiger partial charge in [0, 0.05) is 38.2 Å². The number of rotatable bonds is 11. The third kappa shape index (κ3) is 7.21. The Kier molecular flexibility index (Phi) is 9.99. The van der Waals surface area contributed by atoms with Gasteiger partial charge in [-0.3, -0.25) is 9.59 Å². The number of carbonyl (C=O) groups is 2. The topological polar surface area (TPSA) is 71.1 Å². The lowest BCUT2D eigenvalue weighted by molar-refractivity contribution is -0.193. The number of carbonyl (C=O) groups excluding carboxylic acids is 2. The summed E-state index contributed by atoms with van der Waals surface area (Å²) in [5.74, 6) is -0.0200. The van der Waals surface area contributed by atoms with Crippen molar-refractivity contribution < 1.29 is 28.5 Å². The zero-order chi connectivity index (χ0) is 20.4. The Labute approximate surface area is 168 Å². The molecule has 6 nitrogen and oxygen atoms in total. The summed E-state index contributed by atoms with van der Waals surface area (Å²) in [7, 11) is 1.42. The minimum Gasteiger partial charge on any atom is -0.469 e. The lowest BCUT2D eigenvalue weighted by Gasteiger charge is -2.29. The number of hydrogen-bond acceptors (Lipinski definition) is 6. The molecule has 1 saturated heterocycles. The maximum atomic E-state index is 11.6. The quantitative estimate of drug-likeness (QED) is 0.297. The number of methoxy groups -OCH3 is 1. The SMILES string of the molecule is C=C[C@@H]1[C@@H](CCCCCCC(=O)OC)[C@@H](OC(C)=O)C[C@H]1OC1CCCCO1. The molecular formula is C22H36O6. The van der Waals surface area contributed by atoms with Crippen LogP contribution in [0, 0.1) is 11.8 Å². The molecule has 1 unspecified atom stereocenters. The summed E-state index contributed by atoms with van der Waals surface area (Å²) < 4.78 is 22.3. The van der Waals surface area contributed by atoms with E-state index in [2.05, 4.69) is 11.3 Å². The lowest BCUT2D eigenvalue weighted by Crippen LogP contribution is -2.30. The van der Waals surface area contributed by atoms with Gasteiger partial charge in [0.2, 0.25) is 0 Å². The van der Waals surface area contributed by atoms with Gasteiger partial charge in [-0.15, -0.1) is 6.58 Å². The van der Waals surface area contributed by atoms with Crippen LogP contribution in [0.2, 0.25) is 0 Å². The van der Waals surface area contributed by atoms with Crippen LogP contribution in [0.3, 0.4) is 0 Å². The van der Waals surface area contributed by atoms with E-state index in [4.69, 9.17) is 14.2 Å². The third-order valence-electron chi connectivity index (χ3n) is 5.82. The van der Waals surface area contributed by atoms with Crippen molar-refractivity contribution in [3.05, 3.63) is 12.7 Å². The van der Waals surface area contributed by atoms with Crippen LogP contribution in [0.15, 0.2) is 12.7 Å². The van der Waals surface area contributed by atoms with Gasteiger partial charge in [-0.25, -0.2) is 0 Å². The first-order valence-electron chi connectivity index (χ1n) is 10.7. The van der Waals surface area contributed by atoms with E-state index in [1.165, 1.54) is 14.0 Å². The highest BCUT2D eigenvalue weighted by atomic mass is 16.7. The van der Waals surface area contributed by atoms with Crippen LogP contribution in [0.4, 0.5) is 0 Å². The second kappa shape index (κ2) is 12.2. The van der Waals surface area contributed by atoms with Crippen molar-refractivity contribution in [1.82, 2.24) is 0 Å². The molecule has 2 rings (SSSR count). The van der Waals surface area contributed by atoms with Gasteiger partial charge in [-0.2, -0.15) is 0 Å². The Balaban J connectivity index is 1.85. The normalized spacial score (nSPS) is 30.0. The second-order valence-corrected chi connectivity index (χ2v) is 7.86. The Hall–Kier alpha value is -1.40. The molecule has 0 amide bonds. The molecule has 0 aromatic heterocycles. The predicted molar refractivity (Wildman–Crippen MR) is 106 cm³/mol. The molecule has 0 bridgehead atoms. The first kappa shape index (κ1) is 22.9. The van der Waals surface area contributed by atoms with E-state index in [-0.39, 0.29) is 42.3 Å². The third-order valence-corrected chi connectivity index (χ3v) is 5.82. The molecule has 2 aliphatic rings. The van der Waals surface area contributed by atoms with Crippen LogP contribution in [0.1, 0.15) is 71.1 Å². The lowest BCUT2D eigenvalue weighted by atomic mass is 9.88. The molecule has 0 spiro atoms. The van der Waals surface area contributed by atoms with Crippen molar-refractivity contribution in [3.8, 4) is 0 Å². The van der Waals surface area contributed by atoms with Crippen molar-refractivity contribution in [2.45, 2.75) is 89.6 Å². The Morgan fingerprint density at radius 1 is 1.14 bits per heavy atom. The minimum atomic E-state index is -0.245. The average molecular weight is 397 g/mol. The summed E-state index contributed by atoms with van der Waals surface area (Å²) in [6, 6.07) is 0. The fourth-order valence-corrected chi connectivity index (χ4v) is 4.40. The second-order valence-electron chi connectivity index (χ2n) is 7.86. The molecule has 2 fully saturated rings. The largest absolute Gasteiger partial charge is 0.469 e. The highest BCUT2D eigenvalue weighted by Crippen LogP contribution is 2.41. The monoisotopic (exact) mass is 396 g/mol. The van der Waals surface area contributed by atoms with E-state index in [0.29, 0.717) is 12.8 Å². The maximum absolute atomic E-state index is 11.6. The van der Waals surface area contributed by atoms with Gasteiger partial charge in [-0.05, 0) is 32.1 Å². The molecule has 160 valence electrons. The standard InChI is InChI=1S/C22H36O6/c1-4-17-18(11-7-5-6-8-12-21(24)25-3)20(27-16(2)23)15-19(17)28-22-13-9-10-14-26-22/h4,17-20,22H,1,5-15H2,2-3H3/t17-,18-,19-,20+,22?/m1/s1. The summed E-state index contributed by atoms with van der Waals surface area (Å²) in [5.41, 5.74) is 0. The average Bonchev–Trinajstić information content (AvgIpc) is 3.00. The van der Waals surface area contributed by atoms with E-state index in [1.807, 2.05) is 6.08 Å². The summed E-state index contributed by atoms with van der Waals surface area (Å²) in [6.45, 7) is 6.24. The summed E-state index contributed by atoms with van der Waals surface area (Å²) in [5, 5.41) is 0. The van der Waals surface area contributed by atoms with Gasteiger partial charge in [0.05, 0.1) is 13.2 Å². The number of esters is 2. The first-order valence-corrected chi connectivity index (χ1v) is 10.7. The van der Waals surface area contributed by atoms with Crippen LogP contribution >= 0.6 is 0 Å². The van der Waals surface area contributed by atoms with E-state index in [0.717, 1.165) is 58.0 Å². The van der Waals surface area contributed by atoms with Crippen LogP contribution < -0.4 is 0 Å². The van der Waals surface area contributed by atoms with E-state index < -0.39 is 0 Å². The Morgan fingerprint density at radius 3 is 2.57 bits per heavy atom. The van der Waals surface area contributed by atoms with E-state index >= 15 is 0 Å². The summed E-state index contributed by atoms with van der Waals surface area (Å²) >= 11 is 0. The Morgan fingerprint density at radius 2 is 1.93 bits per heavy atom. The predicted octanol–water partition coefficient (Wildman–Crippen LogP) is 4.17. The highest BCUT2D eigenvalue weighted by molar-refractivity contribution is 5.69. The number of hydrogen-bond donors (Lipinski definition) is 0. The van der Waals surface area contributed by atoms with Crippen molar-refractivity contribution in [3.63, 3.8) is 0 Å². The van der Waals surface area contributed by atoms with Gasteiger partial charge < -0.3 is 18.9 Å². The smallest absolute Gasteiger partial charge is 0.305 e. The van der Waals surface area contributed by atoms with Gasteiger partial charge in [-0.1, -0.05) is 25.3 Å². The molecule has 0 aromatic rings. The van der Waals surface area contributed by atoms with Crippen LogP contribution in [-0.4, -0.2) is 44.2 Å². The Bertz CT molecular complexity index is 499. The van der Waals surface area contributed by atoms with Gasteiger partial charge in [0.1, 0.15) is 6.10 Å². The highest BCUT2D eigenvalue weighted by Gasteiger charge is 2.44. The number of unbranched alkanes of at least 4 members (excludes halogenated alkanes) is 3. The zero-order valence-corrected chi connectivity index (χ0v) is 17.4. The summed E-state index contributed by atoms with van der Waals surface area (Å²) in [6.07, 6.45) is 10.8. The molecule has 1 aliphatic heterocycles. The molecule has 0 N–H and O–H groups in total. The van der Waals surface area contributed by atoms with Crippen LogP contribution in [-0.2, 0) is 28.5 Å². The van der Waals surface area contributed by atoms with Crippen molar-refractivity contribution in [2.24, 2.45) is 11.8 Å². The maximum Gasteiger partial charge on any atom is 0.305 e. The molecule has 28 heavy (non-hydrogen) atoms. The van der Waals surface area contributed by atoms with Crippen molar-refractivity contribution >= 4 is 11.9 Å². The fraction of sp³-hybridized carbons (Fsp3) is 0.818. The molecule has 0 radical (unpaired) electrons. The molecule has 1 heterocycles. The van der Waals surface area contributed by atoms with Gasteiger partial charge >= 0.3 is 11.9 Å².